The molecule has 20 heavy (non-hydrogen) atoms. The summed E-state index contributed by atoms with van der Waals surface area (Å²) in [5, 5.41) is 6.52. The zero-order valence-corrected chi connectivity index (χ0v) is 13.0. The Balaban J connectivity index is 1.78. The molecule has 0 aromatic rings. The van der Waals surface area contributed by atoms with E-state index in [4.69, 9.17) is 0 Å². The number of amides is 1. The van der Waals surface area contributed by atoms with E-state index < -0.39 is 0 Å². The molecule has 0 bridgehead atoms. The van der Waals surface area contributed by atoms with Crippen molar-refractivity contribution in [2.75, 3.05) is 46.3 Å². The molecule has 5 nitrogen and oxygen atoms in total. The lowest BCUT2D eigenvalue weighted by Gasteiger charge is -2.35. The van der Waals surface area contributed by atoms with Gasteiger partial charge in [0.1, 0.15) is 0 Å². The third kappa shape index (κ3) is 4.17. The zero-order chi connectivity index (χ0) is 14.4. The topological polar surface area (TPSA) is 47.6 Å². The van der Waals surface area contributed by atoms with Gasteiger partial charge in [-0.05, 0) is 58.9 Å². The first kappa shape index (κ1) is 15.7. The van der Waals surface area contributed by atoms with E-state index in [0.29, 0.717) is 6.04 Å². The molecule has 2 N–H and O–H groups in total. The lowest BCUT2D eigenvalue weighted by atomic mass is 10.0. The predicted octanol–water partition coefficient (Wildman–Crippen LogP) is 0.271. The minimum atomic E-state index is 0.116. The standard InChI is InChI=1S/C15H30N4O/c1-3-18(2)12-10-17-15(20)14-5-4-11-19(14)13-6-8-16-9-7-13/h13-14,16H,3-12H2,1-2H3,(H,17,20). The van der Waals surface area contributed by atoms with Crippen molar-refractivity contribution in [3.05, 3.63) is 0 Å². The van der Waals surface area contributed by atoms with Gasteiger partial charge in [0.25, 0.3) is 0 Å². The van der Waals surface area contributed by atoms with Gasteiger partial charge in [0.2, 0.25) is 5.91 Å². The van der Waals surface area contributed by atoms with Crippen molar-refractivity contribution in [2.24, 2.45) is 0 Å². The second-order valence-corrected chi connectivity index (χ2v) is 6.06. The molecule has 5 heteroatoms. The van der Waals surface area contributed by atoms with Crippen LogP contribution < -0.4 is 10.6 Å². The first-order chi connectivity index (χ1) is 9.72. The van der Waals surface area contributed by atoms with Crippen LogP contribution in [-0.4, -0.2) is 74.1 Å². The fraction of sp³-hybridized carbons (Fsp3) is 0.933. The SMILES string of the molecule is CCN(C)CCNC(=O)C1CCCN1C1CCNCC1. The van der Waals surface area contributed by atoms with Gasteiger partial charge >= 0.3 is 0 Å². The lowest BCUT2D eigenvalue weighted by Crippen LogP contribution is -2.51. The number of piperidine rings is 1. The van der Waals surface area contributed by atoms with Gasteiger partial charge in [0.05, 0.1) is 6.04 Å². The fourth-order valence-corrected chi connectivity index (χ4v) is 3.29. The lowest BCUT2D eigenvalue weighted by molar-refractivity contribution is -0.126. The smallest absolute Gasteiger partial charge is 0.237 e. The average molecular weight is 282 g/mol. The van der Waals surface area contributed by atoms with Crippen LogP contribution in [0.15, 0.2) is 0 Å². The molecule has 0 aromatic heterocycles. The maximum Gasteiger partial charge on any atom is 0.237 e. The molecule has 2 aliphatic heterocycles. The molecule has 0 saturated carbocycles. The van der Waals surface area contributed by atoms with Crippen molar-refractivity contribution in [1.29, 1.82) is 0 Å². The van der Waals surface area contributed by atoms with Gasteiger partial charge in [-0.1, -0.05) is 6.92 Å². The van der Waals surface area contributed by atoms with Gasteiger partial charge < -0.3 is 15.5 Å². The van der Waals surface area contributed by atoms with Crippen LogP contribution in [0.25, 0.3) is 0 Å². The molecular formula is C15H30N4O. The predicted molar refractivity (Wildman–Crippen MR) is 81.8 cm³/mol. The molecule has 0 spiro atoms. The number of hydrogen-bond acceptors (Lipinski definition) is 4. The molecule has 2 saturated heterocycles. The highest BCUT2D eigenvalue weighted by molar-refractivity contribution is 5.82. The number of nitrogens with one attached hydrogen (secondary N) is 2. The van der Waals surface area contributed by atoms with E-state index >= 15 is 0 Å². The van der Waals surface area contributed by atoms with E-state index in [2.05, 4.69) is 34.4 Å². The Labute approximate surface area is 123 Å². The Kier molecular flexibility index (Phi) is 6.26. The second-order valence-electron chi connectivity index (χ2n) is 6.06. The van der Waals surface area contributed by atoms with Crippen molar-refractivity contribution < 1.29 is 4.79 Å². The maximum atomic E-state index is 12.4. The van der Waals surface area contributed by atoms with E-state index in [0.717, 1.165) is 52.1 Å². The molecule has 0 aliphatic carbocycles. The van der Waals surface area contributed by atoms with Crippen molar-refractivity contribution in [1.82, 2.24) is 20.4 Å². The van der Waals surface area contributed by atoms with Crippen molar-refractivity contribution in [2.45, 2.75) is 44.7 Å². The Morgan fingerprint density at radius 3 is 2.80 bits per heavy atom. The summed E-state index contributed by atoms with van der Waals surface area (Å²) in [5.74, 6) is 0.241. The second kappa shape index (κ2) is 7.96. The summed E-state index contributed by atoms with van der Waals surface area (Å²) >= 11 is 0. The van der Waals surface area contributed by atoms with Crippen molar-refractivity contribution in [3.8, 4) is 0 Å². The molecule has 116 valence electrons. The molecule has 1 unspecified atom stereocenters. The van der Waals surface area contributed by atoms with Gasteiger partial charge in [0, 0.05) is 19.1 Å². The van der Waals surface area contributed by atoms with Crippen LogP contribution in [0.1, 0.15) is 32.6 Å². The molecular weight excluding hydrogens is 252 g/mol. The summed E-state index contributed by atoms with van der Waals surface area (Å²) in [6, 6.07) is 0.720. The summed E-state index contributed by atoms with van der Waals surface area (Å²) in [6.07, 6.45) is 4.56. The quantitative estimate of drug-likeness (QED) is 0.734. The summed E-state index contributed by atoms with van der Waals surface area (Å²) in [7, 11) is 2.09. The number of carbonyl (C=O) groups excluding carboxylic acids is 1. The van der Waals surface area contributed by atoms with Gasteiger partial charge in [-0.3, -0.25) is 9.69 Å². The summed E-state index contributed by atoms with van der Waals surface area (Å²) in [5.41, 5.74) is 0. The highest BCUT2D eigenvalue weighted by Gasteiger charge is 2.35. The minimum Gasteiger partial charge on any atom is -0.353 e. The van der Waals surface area contributed by atoms with E-state index in [-0.39, 0.29) is 11.9 Å². The van der Waals surface area contributed by atoms with E-state index in [9.17, 15) is 4.79 Å². The molecule has 1 amide bonds. The molecule has 2 rings (SSSR count). The fourth-order valence-electron chi connectivity index (χ4n) is 3.29. The van der Waals surface area contributed by atoms with E-state index in [1.807, 2.05) is 0 Å². The molecule has 2 heterocycles. The highest BCUT2D eigenvalue weighted by atomic mass is 16.2. The normalized spacial score (nSPS) is 25.2. The van der Waals surface area contributed by atoms with Gasteiger partial charge in [-0.2, -0.15) is 0 Å². The Hall–Kier alpha value is -0.650. The zero-order valence-electron chi connectivity index (χ0n) is 13.0. The molecule has 2 fully saturated rings. The van der Waals surface area contributed by atoms with Gasteiger partial charge in [-0.25, -0.2) is 0 Å². The minimum absolute atomic E-state index is 0.116. The Morgan fingerprint density at radius 2 is 2.10 bits per heavy atom. The number of carbonyl (C=O) groups is 1. The number of likely N-dealkylation sites (tertiary alicyclic amines) is 1. The van der Waals surface area contributed by atoms with Crippen molar-refractivity contribution in [3.63, 3.8) is 0 Å². The van der Waals surface area contributed by atoms with E-state index in [1.54, 1.807) is 0 Å². The Morgan fingerprint density at radius 1 is 1.35 bits per heavy atom. The van der Waals surface area contributed by atoms with Gasteiger partial charge in [-0.15, -0.1) is 0 Å². The monoisotopic (exact) mass is 282 g/mol. The first-order valence-electron chi connectivity index (χ1n) is 8.15. The molecule has 0 aromatic carbocycles. The number of rotatable bonds is 6. The first-order valence-corrected chi connectivity index (χ1v) is 8.15. The molecule has 0 radical (unpaired) electrons. The van der Waals surface area contributed by atoms with Crippen LogP contribution in [0, 0.1) is 0 Å². The average Bonchev–Trinajstić information content (AvgIpc) is 2.97. The van der Waals surface area contributed by atoms with Crippen LogP contribution >= 0.6 is 0 Å². The van der Waals surface area contributed by atoms with Crippen LogP contribution in [0.2, 0.25) is 0 Å². The Bertz CT molecular complexity index is 304. The van der Waals surface area contributed by atoms with Crippen LogP contribution in [0.5, 0.6) is 0 Å². The largest absolute Gasteiger partial charge is 0.353 e. The van der Waals surface area contributed by atoms with Crippen molar-refractivity contribution >= 4 is 5.91 Å². The third-order valence-corrected chi connectivity index (χ3v) is 4.71. The van der Waals surface area contributed by atoms with Crippen LogP contribution in [0.4, 0.5) is 0 Å². The molecule has 1 atom stereocenters. The van der Waals surface area contributed by atoms with Crippen LogP contribution in [0.3, 0.4) is 0 Å². The maximum absolute atomic E-state index is 12.4. The highest BCUT2D eigenvalue weighted by Crippen LogP contribution is 2.24. The number of nitrogens with zero attached hydrogens (tertiary/aromatic N) is 2. The third-order valence-electron chi connectivity index (χ3n) is 4.71. The summed E-state index contributed by atoms with van der Waals surface area (Å²) in [6.45, 7) is 8.14. The van der Waals surface area contributed by atoms with Gasteiger partial charge in [0.15, 0.2) is 0 Å². The van der Waals surface area contributed by atoms with E-state index in [1.165, 1.54) is 12.8 Å². The molecule has 2 aliphatic rings. The summed E-state index contributed by atoms with van der Waals surface area (Å²) in [4.78, 5) is 17.1. The number of likely N-dealkylation sites (N-methyl/N-ethyl adjacent to an activating group) is 1. The van der Waals surface area contributed by atoms with Crippen LogP contribution in [-0.2, 0) is 4.79 Å². The number of hydrogen-bond donors (Lipinski definition) is 2. The summed E-state index contributed by atoms with van der Waals surface area (Å²) < 4.78 is 0.